The molecule has 7 heteroatoms. The number of carboxylic acids is 1. The van der Waals surface area contributed by atoms with Crippen LogP contribution < -0.4 is 5.11 Å². The van der Waals surface area contributed by atoms with E-state index in [2.05, 4.69) is 0 Å². The summed E-state index contributed by atoms with van der Waals surface area (Å²) in [6.45, 7) is 3.68. The molecule has 0 N–H and O–H groups in total. The summed E-state index contributed by atoms with van der Waals surface area (Å²) in [5.74, 6) is -2.67. The number of hydrogen-bond acceptors (Lipinski definition) is 5. The number of carbonyl (C=O) groups is 3. The zero-order valence-electron chi connectivity index (χ0n) is 12.7. The Kier molecular flexibility index (Phi) is 5.41. The van der Waals surface area contributed by atoms with Crippen molar-refractivity contribution in [2.24, 2.45) is 11.8 Å². The summed E-state index contributed by atoms with van der Waals surface area (Å²) < 4.78 is 4.93. The van der Waals surface area contributed by atoms with Gasteiger partial charge in [0.15, 0.2) is 0 Å². The fourth-order valence-electron chi connectivity index (χ4n) is 2.91. The van der Waals surface area contributed by atoms with Crippen molar-refractivity contribution in [3.63, 3.8) is 0 Å². The Morgan fingerprint density at radius 3 is 2.14 bits per heavy atom. The van der Waals surface area contributed by atoms with Crippen LogP contribution in [0.3, 0.4) is 0 Å². The molecule has 0 aromatic carbocycles. The third kappa shape index (κ3) is 3.58. The van der Waals surface area contributed by atoms with Crippen LogP contribution >= 0.6 is 0 Å². The van der Waals surface area contributed by atoms with E-state index in [1.54, 1.807) is 22.8 Å². The Morgan fingerprint density at radius 1 is 1.05 bits per heavy atom. The molecular formula is C15H21N2O5-. The van der Waals surface area contributed by atoms with Crippen molar-refractivity contribution in [1.29, 1.82) is 0 Å². The third-order valence-corrected chi connectivity index (χ3v) is 4.17. The fraction of sp³-hybridized carbons (Fsp3) is 0.667. The molecule has 7 nitrogen and oxygen atoms in total. The van der Waals surface area contributed by atoms with Gasteiger partial charge in [-0.3, -0.25) is 4.79 Å². The normalized spacial score (nSPS) is 25.0. The Balaban J connectivity index is 1.93. The molecule has 0 bridgehead atoms. The first-order chi connectivity index (χ1) is 10.5. The summed E-state index contributed by atoms with van der Waals surface area (Å²) in [7, 11) is 0. The summed E-state index contributed by atoms with van der Waals surface area (Å²) in [5.41, 5.74) is 0. The number of nitrogens with zero attached hydrogens (tertiary/aromatic N) is 2. The van der Waals surface area contributed by atoms with Crippen LogP contribution in [-0.4, -0.2) is 60.6 Å². The summed E-state index contributed by atoms with van der Waals surface area (Å²) in [4.78, 5) is 38.5. The largest absolute Gasteiger partial charge is 0.550 e. The van der Waals surface area contributed by atoms with E-state index in [1.165, 1.54) is 0 Å². The third-order valence-electron chi connectivity index (χ3n) is 4.17. The second kappa shape index (κ2) is 7.29. The topological polar surface area (TPSA) is 90.0 Å². The first-order valence-electron chi connectivity index (χ1n) is 7.61. The molecule has 0 radical (unpaired) electrons. The number of amides is 2. The first kappa shape index (κ1) is 16.3. The van der Waals surface area contributed by atoms with Gasteiger partial charge in [-0.05, 0) is 19.8 Å². The highest BCUT2D eigenvalue weighted by Crippen LogP contribution is 2.27. The molecule has 0 unspecified atom stereocenters. The van der Waals surface area contributed by atoms with Crippen LogP contribution in [0.15, 0.2) is 12.2 Å². The molecule has 0 saturated carbocycles. The second-order valence-electron chi connectivity index (χ2n) is 5.49. The van der Waals surface area contributed by atoms with Crippen molar-refractivity contribution in [3.05, 3.63) is 12.2 Å². The van der Waals surface area contributed by atoms with E-state index in [9.17, 15) is 19.5 Å². The maximum Gasteiger partial charge on any atom is 0.409 e. The van der Waals surface area contributed by atoms with Crippen LogP contribution in [0.2, 0.25) is 0 Å². The van der Waals surface area contributed by atoms with Gasteiger partial charge in [0.05, 0.1) is 6.61 Å². The molecule has 122 valence electrons. The molecular weight excluding hydrogens is 288 g/mol. The second-order valence-corrected chi connectivity index (χ2v) is 5.49. The van der Waals surface area contributed by atoms with Crippen molar-refractivity contribution in [2.45, 2.75) is 19.8 Å². The monoisotopic (exact) mass is 309 g/mol. The zero-order chi connectivity index (χ0) is 16.1. The van der Waals surface area contributed by atoms with Crippen LogP contribution in [0.5, 0.6) is 0 Å². The lowest BCUT2D eigenvalue weighted by molar-refractivity contribution is -0.313. The minimum Gasteiger partial charge on any atom is -0.550 e. The predicted octanol–water partition coefficient (Wildman–Crippen LogP) is -0.381. The van der Waals surface area contributed by atoms with Gasteiger partial charge >= 0.3 is 6.09 Å². The van der Waals surface area contributed by atoms with Gasteiger partial charge in [0.25, 0.3) is 0 Å². The number of hydrogen-bond donors (Lipinski definition) is 0. The van der Waals surface area contributed by atoms with Gasteiger partial charge in [0, 0.05) is 44.0 Å². The Hall–Kier alpha value is -2.05. The summed E-state index contributed by atoms with van der Waals surface area (Å²) in [6, 6.07) is 0. The number of rotatable bonds is 3. The van der Waals surface area contributed by atoms with E-state index in [4.69, 9.17) is 4.74 Å². The summed E-state index contributed by atoms with van der Waals surface area (Å²) in [5, 5.41) is 11.2. The molecule has 1 fully saturated rings. The molecule has 2 amide bonds. The molecule has 0 aromatic rings. The van der Waals surface area contributed by atoms with Gasteiger partial charge in [-0.25, -0.2) is 4.79 Å². The van der Waals surface area contributed by atoms with Crippen LogP contribution in [0, 0.1) is 11.8 Å². The van der Waals surface area contributed by atoms with E-state index in [-0.39, 0.29) is 12.0 Å². The Morgan fingerprint density at radius 2 is 1.59 bits per heavy atom. The average molecular weight is 309 g/mol. The van der Waals surface area contributed by atoms with Gasteiger partial charge in [-0.15, -0.1) is 0 Å². The molecule has 1 aliphatic heterocycles. The molecule has 1 heterocycles. The highest BCUT2D eigenvalue weighted by atomic mass is 16.6. The van der Waals surface area contributed by atoms with E-state index >= 15 is 0 Å². The molecule has 1 aliphatic carbocycles. The lowest BCUT2D eigenvalue weighted by Gasteiger charge is -2.38. The van der Waals surface area contributed by atoms with E-state index in [0.29, 0.717) is 45.6 Å². The highest BCUT2D eigenvalue weighted by molar-refractivity contribution is 5.85. The zero-order valence-corrected chi connectivity index (χ0v) is 12.7. The molecule has 0 spiro atoms. The average Bonchev–Trinajstić information content (AvgIpc) is 2.54. The minimum atomic E-state index is -1.17. The molecule has 0 aromatic heterocycles. The number of carboxylic acid groups (broad SMARTS) is 1. The Labute approximate surface area is 129 Å². The van der Waals surface area contributed by atoms with Crippen LogP contribution in [0.1, 0.15) is 19.8 Å². The van der Waals surface area contributed by atoms with Gasteiger partial charge in [0.2, 0.25) is 5.91 Å². The maximum absolute atomic E-state index is 12.5. The summed E-state index contributed by atoms with van der Waals surface area (Å²) >= 11 is 0. The first-order valence-corrected chi connectivity index (χ1v) is 7.61. The van der Waals surface area contributed by atoms with Crippen LogP contribution in [0.4, 0.5) is 4.79 Å². The quantitative estimate of drug-likeness (QED) is 0.663. The van der Waals surface area contributed by atoms with Gasteiger partial charge in [-0.1, -0.05) is 12.2 Å². The number of ether oxygens (including phenoxy) is 1. The molecule has 22 heavy (non-hydrogen) atoms. The Bertz CT molecular complexity index is 469. The smallest absolute Gasteiger partial charge is 0.409 e. The van der Waals surface area contributed by atoms with Crippen molar-refractivity contribution in [3.8, 4) is 0 Å². The lowest BCUT2D eigenvalue weighted by atomic mass is 9.82. The predicted molar refractivity (Wildman–Crippen MR) is 75.5 cm³/mol. The lowest BCUT2D eigenvalue weighted by Crippen LogP contribution is -2.53. The number of allylic oxidation sites excluding steroid dienone is 2. The molecule has 2 atom stereocenters. The molecule has 2 rings (SSSR count). The highest BCUT2D eigenvalue weighted by Gasteiger charge is 2.34. The van der Waals surface area contributed by atoms with Crippen molar-refractivity contribution < 1.29 is 24.2 Å². The molecule has 2 aliphatic rings. The van der Waals surface area contributed by atoms with E-state index in [1.807, 2.05) is 6.08 Å². The van der Waals surface area contributed by atoms with E-state index in [0.717, 1.165) is 0 Å². The minimum absolute atomic E-state index is 0.165. The van der Waals surface area contributed by atoms with Crippen LogP contribution in [0.25, 0.3) is 0 Å². The van der Waals surface area contributed by atoms with Crippen LogP contribution in [-0.2, 0) is 14.3 Å². The number of aliphatic carboxylic acids is 1. The van der Waals surface area contributed by atoms with Crippen molar-refractivity contribution in [2.75, 3.05) is 32.8 Å². The standard InChI is InChI=1S/C15H22N2O5/c1-2-22-15(21)17-9-7-16(8-10-17)13(18)11-5-3-4-6-12(11)14(19)20/h3-4,11-12H,2,5-10H2,1H3,(H,19,20)/p-1/t11-,12+/m1/s1. The molecule has 1 saturated heterocycles. The van der Waals surface area contributed by atoms with Gasteiger partial charge in [0.1, 0.15) is 0 Å². The van der Waals surface area contributed by atoms with Gasteiger partial charge in [-0.2, -0.15) is 0 Å². The van der Waals surface area contributed by atoms with E-state index < -0.39 is 17.8 Å². The summed E-state index contributed by atoms with van der Waals surface area (Å²) in [6.07, 6.45) is 4.01. The maximum atomic E-state index is 12.5. The van der Waals surface area contributed by atoms with Gasteiger partial charge < -0.3 is 24.4 Å². The number of carbonyl (C=O) groups excluding carboxylic acids is 3. The SMILES string of the molecule is CCOC(=O)N1CCN(C(=O)[C@@H]2CC=CC[C@@H]2C(=O)[O-])CC1. The number of piperazine rings is 1. The van der Waals surface area contributed by atoms with Crippen molar-refractivity contribution in [1.82, 2.24) is 9.80 Å². The fourth-order valence-corrected chi connectivity index (χ4v) is 2.91. The van der Waals surface area contributed by atoms with Crippen molar-refractivity contribution >= 4 is 18.0 Å².